The maximum atomic E-state index is 5.25. The molecule has 1 aliphatic heterocycles. The van der Waals surface area contributed by atoms with Crippen LogP contribution in [0.5, 0.6) is 5.75 Å². The van der Waals surface area contributed by atoms with Crippen LogP contribution in [0.25, 0.3) is 22.3 Å². The second kappa shape index (κ2) is 8.72. The molecule has 34 heavy (non-hydrogen) atoms. The van der Waals surface area contributed by atoms with Gasteiger partial charge >= 0.3 is 0 Å². The van der Waals surface area contributed by atoms with E-state index in [2.05, 4.69) is 56.3 Å². The van der Waals surface area contributed by atoms with Crippen molar-refractivity contribution < 1.29 is 4.74 Å². The summed E-state index contributed by atoms with van der Waals surface area (Å²) in [5, 5.41) is 1.31. The van der Waals surface area contributed by atoms with Crippen molar-refractivity contribution in [1.82, 2.24) is 24.8 Å². The third-order valence-electron chi connectivity index (χ3n) is 6.54. The Hall–Kier alpha value is -4.03. The first-order valence-electron chi connectivity index (χ1n) is 11.5. The quantitative estimate of drug-likeness (QED) is 0.402. The number of fused-ring (bicyclic) bond motifs is 3. The Morgan fingerprint density at radius 1 is 0.941 bits per heavy atom. The monoisotopic (exact) mass is 447 g/mol. The Morgan fingerprint density at radius 2 is 1.74 bits per heavy atom. The third kappa shape index (κ3) is 3.72. The molecule has 1 unspecified atom stereocenters. The molecular weight excluding hydrogens is 422 g/mol. The lowest BCUT2D eigenvalue weighted by molar-refractivity contribution is 0.198. The molecule has 6 rings (SSSR count). The van der Waals surface area contributed by atoms with Gasteiger partial charge in [0, 0.05) is 59.4 Å². The SMILES string of the molecule is COc1ccc(-c2ncc(CN3CCc4c([nH]c5ccccc45)C3c3ccccn3)cn2)cc1. The van der Waals surface area contributed by atoms with Gasteiger partial charge in [-0.05, 0) is 54.4 Å². The van der Waals surface area contributed by atoms with Crippen LogP contribution in [0, 0.1) is 0 Å². The zero-order valence-corrected chi connectivity index (χ0v) is 19.0. The van der Waals surface area contributed by atoms with E-state index in [1.54, 1.807) is 7.11 Å². The number of para-hydroxylation sites is 1. The number of pyridine rings is 1. The van der Waals surface area contributed by atoms with Crippen LogP contribution < -0.4 is 4.74 Å². The molecule has 3 aromatic heterocycles. The molecule has 168 valence electrons. The van der Waals surface area contributed by atoms with Gasteiger partial charge in [0.15, 0.2) is 5.82 Å². The predicted octanol–water partition coefficient (Wildman–Crippen LogP) is 5.18. The summed E-state index contributed by atoms with van der Waals surface area (Å²) in [7, 11) is 1.66. The average molecular weight is 448 g/mol. The van der Waals surface area contributed by atoms with E-state index < -0.39 is 0 Å². The molecule has 0 spiro atoms. The number of nitrogens with zero attached hydrogens (tertiary/aromatic N) is 4. The number of methoxy groups -OCH3 is 1. The number of nitrogens with one attached hydrogen (secondary N) is 1. The maximum absolute atomic E-state index is 5.25. The van der Waals surface area contributed by atoms with Crippen molar-refractivity contribution in [1.29, 1.82) is 0 Å². The van der Waals surface area contributed by atoms with Crippen molar-refractivity contribution in [2.75, 3.05) is 13.7 Å². The number of aromatic nitrogens is 4. The molecular formula is C28H25N5O. The standard InChI is InChI=1S/C28H25N5O/c1-34-21-11-9-20(10-12-21)28-30-16-19(17-31-28)18-33-15-13-23-22-6-2-3-7-24(22)32-26(23)27(33)25-8-4-5-14-29-25/h2-12,14,16-17,27,32H,13,15,18H2,1H3. The van der Waals surface area contributed by atoms with Gasteiger partial charge in [0.05, 0.1) is 18.8 Å². The number of rotatable bonds is 5. The zero-order chi connectivity index (χ0) is 22.9. The summed E-state index contributed by atoms with van der Waals surface area (Å²) in [6.45, 7) is 1.69. The average Bonchev–Trinajstić information content (AvgIpc) is 3.28. The molecule has 1 N–H and O–H groups in total. The number of aromatic amines is 1. The zero-order valence-electron chi connectivity index (χ0n) is 19.0. The summed E-state index contributed by atoms with van der Waals surface area (Å²) < 4.78 is 5.25. The molecule has 0 saturated carbocycles. The van der Waals surface area contributed by atoms with E-state index in [1.807, 2.05) is 48.9 Å². The van der Waals surface area contributed by atoms with Crippen LogP contribution in [-0.2, 0) is 13.0 Å². The molecule has 0 fully saturated rings. The minimum Gasteiger partial charge on any atom is -0.497 e. The summed E-state index contributed by atoms with van der Waals surface area (Å²) in [5.41, 5.74) is 6.92. The van der Waals surface area contributed by atoms with Crippen LogP contribution in [0.2, 0.25) is 0 Å². The normalized spacial score (nSPS) is 15.9. The second-order valence-electron chi connectivity index (χ2n) is 8.58. The molecule has 0 amide bonds. The van der Waals surface area contributed by atoms with Crippen LogP contribution in [-0.4, -0.2) is 38.5 Å². The van der Waals surface area contributed by atoms with Gasteiger partial charge in [-0.1, -0.05) is 24.3 Å². The number of hydrogen-bond donors (Lipinski definition) is 1. The fourth-order valence-corrected chi connectivity index (χ4v) is 4.89. The lowest BCUT2D eigenvalue weighted by Crippen LogP contribution is -2.36. The van der Waals surface area contributed by atoms with E-state index in [-0.39, 0.29) is 6.04 Å². The van der Waals surface area contributed by atoms with Gasteiger partial charge in [0.1, 0.15) is 5.75 Å². The van der Waals surface area contributed by atoms with Crippen molar-refractivity contribution in [3.8, 4) is 17.1 Å². The highest BCUT2D eigenvalue weighted by atomic mass is 16.5. The minimum atomic E-state index is 0.0543. The molecule has 1 aliphatic rings. The molecule has 0 radical (unpaired) electrons. The molecule has 2 aromatic carbocycles. The van der Waals surface area contributed by atoms with Gasteiger partial charge < -0.3 is 9.72 Å². The van der Waals surface area contributed by atoms with Crippen LogP contribution in [0.15, 0.2) is 85.3 Å². The second-order valence-corrected chi connectivity index (χ2v) is 8.58. The van der Waals surface area contributed by atoms with Crippen molar-refractivity contribution in [3.63, 3.8) is 0 Å². The van der Waals surface area contributed by atoms with Gasteiger partial charge in [-0.25, -0.2) is 9.97 Å². The molecule has 0 bridgehead atoms. The van der Waals surface area contributed by atoms with Crippen LogP contribution >= 0.6 is 0 Å². The molecule has 0 aliphatic carbocycles. The van der Waals surface area contributed by atoms with Crippen molar-refractivity contribution in [2.45, 2.75) is 19.0 Å². The highest BCUT2D eigenvalue weighted by Gasteiger charge is 2.32. The molecule has 1 atom stereocenters. The Labute approximate surface area is 198 Å². The summed E-state index contributed by atoms with van der Waals surface area (Å²) in [6.07, 6.45) is 6.73. The summed E-state index contributed by atoms with van der Waals surface area (Å²) >= 11 is 0. The van der Waals surface area contributed by atoms with E-state index in [0.717, 1.165) is 42.1 Å². The Morgan fingerprint density at radius 3 is 2.50 bits per heavy atom. The van der Waals surface area contributed by atoms with E-state index >= 15 is 0 Å². The lowest BCUT2D eigenvalue weighted by Gasteiger charge is -2.35. The fraction of sp³-hybridized carbons (Fsp3) is 0.179. The van der Waals surface area contributed by atoms with Gasteiger partial charge in [-0.2, -0.15) is 0 Å². The van der Waals surface area contributed by atoms with Gasteiger partial charge in [0.2, 0.25) is 0 Å². The van der Waals surface area contributed by atoms with Crippen molar-refractivity contribution >= 4 is 10.9 Å². The number of hydrogen-bond acceptors (Lipinski definition) is 5. The largest absolute Gasteiger partial charge is 0.497 e. The van der Waals surface area contributed by atoms with E-state index in [1.165, 1.54) is 22.2 Å². The van der Waals surface area contributed by atoms with Crippen LogP contribution in [0.1, 0.15) is 28.6 Å². The van der Waals surface area contributed by atoms with Gasteiger partial charge in [-0.3, -0.25) is 9.88 Å². The highest BCUT2D eigenvalue weighted by Crippen LogP contribution is 2.38. The summed E-state index contributed by atoms with van der Waals surface area (Å²) in [6, 6.07) is 22.6. The smallest absolute Gasteiger partial charge is 0.159 e. The molecule has 4 heterocycles. The first-order valence-corrected chi connectivity index (χ1v) is 11.5. The maximum Gasteiger partial charge on any atom is 0.159 e. The Balaban J connectivity index is 1.31. The Kier molecular flexibility index (Phi) is 5.28. The molecule has 6 nitrogen and oxygen atoms in total. The summed E-state index contributed by atoms with van der Waals surface area (Å²) in [5.74, 6) is 1.53. The van der Waals surface area contributed by atoms with Gasteiger partial charge in [-0.15, -0.1) is 0 Å². The Bertz CT molecular complexity index is 1410. The minimum absolute atomic E-state index is 0.0543. The number of ether oxygens (including phenoxy) is 1. The third-order valence-corrected chi connectivity index (χ3v) is 6.54. The van der Waals surface area contributed by atoms with E-state index in [9.17, 15) is 0 Å². The number of benzene rings is 2. The molecule has 5 aromatic rings. The van der Waals surface area contributed by atoms with E-state index in [0.29, 0.717) is 5.82 Å². The lowest BCUT2D eigenvalue weighted by atomic mass is 9.94. The fourth-order valence-electron chi connectivity index (χ4n) is 4.89. The van der Waals surface area contributed by atoms with Gasteiger partial charge in [0.25, 0.3) is 0 Å². The molecule has 6 heteroatoms. The van der Waals surface area contributed by atoms with Crippen LogP contribution in [0.3, 0.4) is 0 Å². The van der Waals surface area contributed by atoms with Crippen molar-refractivity contribution in [3.05, 3.63) is 108 Å². The van der Waals surface area contributed by atoms with Crippen molar-refractivity contribution in [2.24, 2.45) is 0 Å². The van der Waals surface area contributed by atoms with E-state index in [4.69, 9.17) is 9.72 Å². The predicted molar refractivity (Wildman–Crippen MR) is 133 cm³/mol. The topological polar surface area (TPSA) is 66.9 Å². The molecule has 0 saturated heterocycles. The van der Waals surface area contributed by atoms with Crippen LogP contribution in [0.4, 0.5) is 0 Å². The summed E-state index contributed by atoms with van der Waals surface area (Å²) in [4.78, 5) is 20.2. The highest BCUT2D eigenvalue weighted by molar-refractivity contribution is 5.85. The first kappa shape index (κ1) is 20.6. The first-order chi connectivity index (χ1) is 16.8. The number of H-pyrrole nitrogens is 1.